The first-order chi connectivity index (χ1) is 7.35. The highest BCUT2D eigenvalue weighted by molar-refractivity contribution is 6.05. The second-order valence-corrected chi connectivity index (χ2v) is 3.41. The summed E-state index contributed by atoms with van der Waals surface area (Å²) >= 11 is 0. The summed E-state index contributed by atoms with van der Waals surface area (Å²) in [4.78, 5) is 4.25. The van der Waals surface area contributed by atoms with Crippen LogP contribution < -0.4 is 10.6 Å². The number of allylic oxidation sites excluding steroid dienone is 1. The molecule has 0 spiro atoms. The Bertz CT molecular complexity index is 407. The van der Waals surface area contributed by atoms with E-state index in [1.54, 1.807) is 7.05 Å². The zero-order valence-corrected chi connectivity index (χ0v) is 8.99. The first-order valence-corrected chi connectivity index (χ1v) is 5.07. The van der Waals surface area contributed by atoms with Crippen molar-refractivity contribution in [2.75, 3.05) is 12.4 Å². The molecule has 1 unspecified atom stereocenters. The fourth-order valence-corrected chi connectivity index (χ4v) is 1.72. The van der Waals surface area contributed by atoms with Crippen molar-refractivity contribution in [1.82, 2.24) is 5.32 Å². The lowest BCUT2D eigenvalue weighted by atomic mass is 10.1. The van der Waals surface area contributed by atoms with Gasteiger partial charge in [-0.15, -0.1) is 0 Å². The van der Waals surface area contributed by atoms with Gasteiger partial charge in [0.2, 0.25) is 0 Å². The topological polar surface area (TPSA) is 36.4 Å². The van der Waals surface area contributed by atoms with Crippen LogP contribution in [0.2, 0.25) is 0 Å². The minimum Gasteiger partial charge on any atom is -0.361 e. The van der Waals surface area contributed by atoms with Crippen LogP contribution in [0.1, 0.15) is 12.5 Å². The van der Waals surface area contributed by atoms with Gasteiger partial charge in [-0.2, -0.15) is 0 Å². The summed E-state index contributed by atoms with van der Waals surface area (Å²) in [5, 5.41) is 6.70. The maximum Gasteiger partial charge on any atom is 0.131 e. The fourth-order valence-electron chi connectivity index (χ4n) is 1.72. The van der Waals surface area contributed by atoms with Gasteiger partial charge >= 0.3 is 0 Å². The van der Waals surface area contributed by atoms with Crippen LogP contribution in [0.3, 0.4) is 0 Å². The summed E-state index contributed by atoms with van der Waals surface area (Å²) in [5.74, 6) is 0.937. The molecule has 0 bridgehead atoms. The second kappa shape index (κ2) is 4.17. The molecule has 1 aliphatic rings. The third kappa shape index (κ3) is 1.86. The average Bonchev–Trinajstić information content (AvgIpc) is 2.28. The van der Waals surface area contributed by atoms with Crippen LogP contribution in [-0.2, 0) is 0 Å². The number of nitrogens with one attached hydrogen (secondary N) is 2. The Kier molecular flexibility index (Phi) is 2.72. The molecular weight excluding hydrogens is 186 g/mol. The standard InChI is InChI=1S/C12H15N3/c1-3-6-11-14-10-8-5-4-7-9(10)12(13-2)15-11/h3-8,11,14H,1-2H3,(H,13,15)/b6-3+. The normalized spacial score (nSPS) is 22.3. The van der Waals surface area contributed by atoms with Crippen LogP contribution >= 0.6 is 0 Å². The number of hydrogen-bond acceptors (Lipinski definition) is 2. The second-order valence-electron chi connectivity index (χ2n) is 3.41. The largest absolute Gasteiger partial charge is 0.361 e. The number of amidine groups is 1. The van der Waals surface area contributed by atoms with Crippen LogP contribution in [0.5, 0.6) is 0 Å². The van der Waals surface area contributed by atoms with Crippen LogP contribution in [0, 0.1) is 0 Å². The number of aliphatic imine (C=N–C) groups is 1. The number of rotatable bonds is 1. The van der Waals surface area contributed by atoms with Gasteiger partial charge in [-0.25, -0.2) is 0 Å². The van der Waals surface area contributed by atoms with E-state index in [2.05, 4.69) is 33.8 Å². The van der Waals surface area contributed by atoms with E-state index in [9.17, 15) is 0 Å². The van der Waals surface area contributed by atoms with Crippen molar-refractivity contribution in [2.24, 2.45) is 4.99 Å². The summed E-state index contributed by atoms with van der Waals surface area (Å²) < 4.78 is 0. The van der Waals surface area contributed by atoms with Crippen molar-refractivity contribution in [2.45, 2.75) is 13.1 Å². The Labute approximate surface area is 89.9 Å². The number of nitrogens with zero attached hydrogens (tertiary/aromatic N) is 1. The molecule has 0 aromatic heterocycles. The van der Waals surface area contributed by atoms with E-state index >= 15 is 0 Å². The smallest absolute Gasteiger partial charge is 0.131 e. The Morgan fingerprint density at radius 1 is 1.27 bits per heavy atom. The molecule has 0 saturated carbocycles. The van der Waals surface area contributed by atoms with Crippen LogP contribution in [-0.4, -0.2) is 19.0 Å². The molecule has 0 radical (unpaired) electrons. The first-order valence-electron chi connectivity index (χ1n) is 5.07. The molecule has 1 aliphatic heterocycles. The summed E-state index contributed by atoms with van der Waals surface area (Å²) in [7, 11) is 1.80. The minimum absolute atomic E-state index is 0.128. The van der Waals surface area contributed by atoms with Crippen LogP contribution in [0.25, 0.3) is 0 Å². The Morgan fingerprint density at radius 3 is 2.80 bits per heavy atom. The molecule has 3 heteroatoms. The lowest BCUT2D eigenvalue weighted by Crippen LogP contribution is -2.44. The molecule has 0 saturated heterocycles. The molecule has 2 rings (SSSR count). The third-order valence-electron chi connectivity index (χ3n) is 2.39. The van der Waals surface area contributed by atoms with Crippen molar-refractivity contribution >= 4 is 11.5 Å². The summed E-state index contributed by atoms with van der Waals surface area (Å²) in [6, 6.07) is 8.17. The van der Waals surface area contributed by atoms with Crippen molar-refractivity contribution in [1.29, 1.82) is 0 Å². The molecule has 0 aliphatic carbocycles. The highest BCUT2D eigenvalue weighted by Crippen LogP contribution is 2.20. The molecule has 0 fully saturated rings. The number of fused-ring (bicyclic) bond motifs is 1. The van der Waals surface area contributed by atoms with Crippen LogP contribution in [0.15, 0.2) is 41.4 Å². The summed E-state index contributed by atoms with van der Waals surface area (Å²) in [6.07, 6.45) is 4.22. The van der Waals surface area contributed by atoms with E-state index in [4.69, 9.17) is 0 Å². The SMILES string of the molecule is C/C=C/C1NC(=NC)c2ccccc2N1. The Balaban J connectivity index is 2.38. The molecule has 78 valence electrons. The van der Waals surface area contributed by atoms with E-state index in [-0.39, 0.29) is 6.17 Å². The highest BCUT2D eigenvalue weighted by atomic mass is 15.2. The zero-order valence-electron chi connectivity index (χ0n) is 8.99. The molecular formula is C12H15N3. The highest BCUT2D eigenvalue weighted by Gasteiger charge is 2.18. The summed E-state index contributed by atoms with van der Waals surface area (Å²) in [6.45, 7) is 2.01. The van der Waals surface area contributed by atoms with Crippen molar-refractivity contribution in [3.05, 3.63) is 42.0 Å². The van der Waals surface area contributed by atoms with Crippen molar-refractivity contribution in [3.63, 3.8) is 0 Å². The zero-order chi connectivity index (χ0) is 10.7. The molecule has 1 atom stereocenters. The molecule has 1 heterocycles. The maximum atomic E-state index is 4.25. The predicted octanol–water partition coefficient (Wildman–Crippen LogP) is 1.98. The van der Waals surface area contributed by atoms with Gasteiger partial charge in [0.25, 0.3) is 0 Å². The average molecular weight is 201 g/mol. The first kappa shape index (κ1) is 9.77. The third-order valence-corrected chi connectivity index (χ3v) is 2.39. The number of benzene rings is 1. The monoisotopic (exact) mass is 201 g/mol. The molecule has 15 heavy (non-hydrogen) atoms. The van der Waals surface area contributed by atoms with E-state index in [1.807, 2.05) is 25.1 Å². The van der Waals surface area contributed by atoms with Gasteiger partial charge in [0, 0.05) is 18.3 Å². The summed E-state index contributed by atoms with van der Waals surface area (Å²) in [5.41, 5.74) is 2.25. The molecule has 1 aromatic rings. The van der Waals surface area contributed by atoms with Crippen molar-refractivity contribution in [3.8, 4) is 0 Å². The maximum absolute atomic E-state index is 4.25. The lowest BCUT2D eigenvalue weighted by Gasteiger charge is -2.28. The molecule has 1 aromatic carbocycles. The molecule has 3 nitrogen and oxygen atoms in total. The van der Waals surface area contributed by atoms with Gasteiger partial charge in [0.15, 0.2) is 0 Å². The van der Waals surface area contributed by atoms with Gasteiger partial charge in [0.05, 0.1) is 0 Å². The number of para-hydroxylation sites is 1. The quantitative estimate of drug-likeness (QED) is 0.682. The van der Waals surface area contributed by atoms with Gasteiger partial charge < -0.3 is 10.6 Å². The molecule has 2 N–H and O–H groups in total. The van der Waals surface area contributed by atoms with E-state index in [0.717, 1.165) is 17.1 Å². The van der Waals surface area contributed by atoms with Gasteiger partial charge in [-0.1, -0.05) is 18.2 Å². The van der Waals surface area contributed by atoms with Crippen molar-refractivity contribution < 1.29 is 0 Å². The number of hydrogen-bond donors (Lipinski definition) is 2. The fraction of sp³-hybridized carbons (Fsp3) is 0.250. The molecule has 0 amide bonds. The Hall–Kier alpha value is -1.77. The van der Waals surface area contributed by atoms with Gasteiger partial charge in [-0.05, 0) is 25.1 Å². The number of anilines is 1. The minimum atomic E-state index is 0.128. The Morgan fingerprint density at radius 2 is 2.07 bits per heavy atom. The van der Waals surface area contributed by atoms with Gasteiger partial charge in [0.1, 0.15) is 12.0 Å². The van der Waals surface area contributed by atoms with E-state index < -0.39 is 0 Å². The van der Waals surface area contributed by atoms with E-state index in [0.29, 0.717) is 0 Å². The lowest BCUT2D eigenvalue weighted by molar-refractivity contribution is 0.802. The predicted molar refractivity (Wildman–Crippen MR) is 64.3 cm³/mol. The van der Waals surface area contributed by atoms with Crippen LogP contribution in [0.4, 0.5) is 5.69 Å². The van der Waals surface area contributed by atoms with Gasteiger partial charge in [-0.3, -0.25) is 4.99 Å². The van der Waals surface area contributed by atoms with E-state index in [1.165, 1.54) is 0 Å².